The van der Waals surface area contributed by atoms with E-state index in [0.717, 1.165) is 12.3 Å². The number of rotatable bonds is 7. The van der Waals surface area contributed by atoms with E-state index >= 15 is 0 Å². The molecule has 0 radical (unpaired) electrons. The Morgan fingerprint density at radius 1 is 0.938 bits per heavy atom. The zero-order valence-corrected chi connectivity index (χ0v) is 11.7. The Hall–Kier alpha value is -0.630. The maximum atomic E-state index is 8.68. The van der Waals surface area contributed by atoms with Crippen molar-refractivity contribution in [2.75, 3.05) is 12.3 Å². The van der Waals surface area contributed by atoms with Crippen LogP contribution in [-0.2, 0) is 0 Å². The molecular weight excluding hydrogens is 217 g/mol. The molecule has 0 aliphatic heterocycles. The summed E-state index contributed by atoms with van der Waals surface area (Å²) < 4.78 is 2.48. The average Bonchev–Trinajstić information content (AvgIpc) is 2.20. The second-order valence-corrected chi connectivity index (χ2v) is 6.71. The lowest BCUT2D eigenvalue weighted by atomic mass is 10.3. The lowest BCUT2D eigenvalue weighted by Gasteiger charge is -2.37. The maximum absolute atomic E-state index is 8.68. The fourth-order valence-corrected chi connectivity index (χ4v) is 4.66. The molecule has 0 atom stereocenters. The Labute approximate surface area is 101 Å². The monoisotopic (exact) mass is 239 g/mol. The number of nitrogens with zero attached hydrogens (tertiary/aromatic N) is 3. The Morgan fingerprint density at radius 3 is 1.56 bits per heavy atom. The van der Waals surface area contributed by atoms with Crippen LogP contribution in [0.4, 0.5) is 0 Å². The summed E-state index contributed by atoms with van der Waals surface area (Å²) in [5.74, 6) is 0. The van der Waals surface area contributed by atoms with Crippen molar-refractivity contribution in [3.8, 4) is 12.1 Å². The van der Waals surface area contributed by atoms with Crippen molar-refractivity contribution < 1.29 is 0 Å². The van der Waals surface area contributed by atoms with Crippen molar-refractivity contribution in [1.29, 1.82) is 10.5 Å². The second kappa shape index (κ2) is 8.51. The van der Waals surface area contributed by atoms with E-state index in [2.05, 4.69) is 44.5 Å². The quantitative estimate of drug-likeness (QED) is 0.640. The van der Waals surface area contributed by atoms with E-state index in [1.165, 1.54) is 0 Å². The van der Waals surface area contributed by atoms with Gasteiger partial charge < -0.3 is 0 Å². The largest absolute Gasteiger partial charge is 0.277 e. The van der Waals surface area contributed by atoms with Gasteiger partial charge in [-0.15, -0.1) is 0 Å². The molecule has 4 heteroatoms. The molecule has 0 bridgehead atoms. The van der Waals surface area contributed by atoms with Gasteiger partial charge in [0.05, 0.1) is 12.1 Å². The minimum absolute atomic E-state index is 0.326. The van der Waals surface area contributed by atoms with Crippen molar-refractivity contribution in [3.63, 3.8) is 0 Å². The van der Waals surface area contributed by atoms with Crippen LogP contribution in [0.25, 0.3) is 0 Å². The van der Waals surface area contributed by atoms with Gasteiger partial charge in [-0.1, -0.05) is 0 Å². The van der Waals surface area contributed by atoms with Crippen LogP contribution in [-0.4, -0.2) is 29.1 Å². The molecule has 0 aromatic carbocycles. The summed E-state index contributed by atoms with van der Waals surface area (Å²) in [7, 11) is -0.326. The van der Waals surface area contributed by atoms with E-state index in [1.807, 2.05) is 0 Å². The van der Waals surface area contributed by atoms with Gasteiger partial charge in [0, 0.05) is 24.9 Å². The summed E-state index contributed by atoms with van der Waals surface area (Å²) in [6, 6.07) is 5.41. The van der Waals surface area contributed by atoms with Gasteiger partial charge in [0.25, 0.3) is 0 Å². The molecular formula is C12H22N3P. The zero-order chi connectivity index (χ0) is 12.6. The van der Waals surface area contributed by atoms with Gasteiger partial charge in [-0.3, -0.25) is 4.67 Å². The van der Waals surface area contributed by atoms with E-state index in [-0.39, 0.29) is 8.07 Å². The molecule has 90 valence electrons. The Kier molecular flexibility index (Phi) is 8.18. The number of nitriles is 2. The van der Waals surface area contributed by atoms with Gasteiger partial charge in [-0.2, -0.15) is 10.5 Å². The summed E-state index contributed by atoms with van der Waals surface area (Å²) in [4.78, 5) is 0. The molecule has 0 aliphatic rings. The smallest absolute Gasteiger partial charge is 0.0625 e. The molecule has 16 heavy (non-hydrogen) atoms. The van der Waals surface area contributed by atoms with Gasteiger partial charge in [0.15, 0.2) is 0 Å². The van der Waals surface area contributed by atoms with E-state index in [1.54, 1.807) is 0 Å². The van der Waals surface area contributed by atoms with Crippen molar-refractivity contribution >= 4 is 8.07 Å². The molecule has 0 saturated heterocycles. The second-order valence-electron chi connectivity index (χ2n) is 4.34. The summed E-state index contributed by atoms with van der Waals surface area (Å²) in [6.45, 7) is 8.75. The third kappa shape index (κ3) is 5.45. The SMILES string of the molecule is CC(C)N(C(C)C)P(CCC#N)CCC#N. The molecule has 0 N–H and O–H groups in total. The molecule has 0 fully saturated rings. The van der Waals surface area contributed by atoms with Crippen LogP contribution >= 0.6 is 8.07 Å². The third-order valence-corrected chi connectivity index (χ3v) is 5.40. The van der Waals surface area contributed by atoms with E-state index in [9.17, 15) is 0 Å². The molecule has 0 amide bonds. The lowest BCUT2D eigenvalue weighted by Crippen LogP contribution is -2.33. The van der Waals surface area contributed by atoms with Crippen LogP contribution in [0.5, 0.6) is 0 Å². The number of hydrogen-bond donors (Lipinski definition) is 0. The standard InChI is InChI=1S/C12H22N3P/c1-11(2)15(12(3)4)16(9-5-7-13)10-6-8-14/h11-12H,5-6,9-10H2,1-4H3. The van der Waals surface area contributed by atoms with E-state index in [0.29, 0.717) is 24.9 Å². The van der Waals surface area contributed by atoms with Gasteiger partial charge in [0.1, 0.15) is 0 Å². The average molecular weight is 239 g/mol. The molecule has 0 rings (SSSR count). The molecule has 0 aliphatic carbocycles. The van der Waals surface area contributed by atoms with E-state index in [4.69, 9.17) is 10.5 Å². The Morgan fingerprint density at radius 2 is 1.31 bits per heavy atom. The first-order valence-electron chi connectivity index (χ1n) is 5.81. The van der Waals surface area contributed by atoms with Gasteiger partial charge >= 0.3 is 0 Å². The summed E-state index contributed by atoms with van der Waals surface area (Å²) >= 11 is 0. The van der Waals surface area contributed by atoms with Crippen LogP contribution < -0.4 is 0 Å². The molecule has 0 unspecified atom stereocenters. The zero-order valence-electron chi connectivity index (χ0n) is 10.8. The van der Waals surface area contributed by atoms with Crippen molar-refractivity contribution in [2.45, 2.75) is 52.6 Å². The topological polar surface area (TPSA) is 50.8 Å². The van der Waals surface area contributed by atoms with Crippen LogP contribution in [0.15, 0.2) is 0 Å². The van der Waals surface area contributed by atoms with E-state index < -0.39 is 0 Å². The summed E-state index contributed by atoms with van der Waals surface area (Å²) in [5.41, 5.74) is 0. The predicted octanol–water partition coefficient (Wildman–Crippen LogP) is 3.33. The first-order valence-corrected chi connectivity index (χ1v) is 7.48. The highest BCUT2D eigenvalue weighted by Gasteiger charge is 2.22. The van der Waals surface area contributed by atoms with Gasteiger partial charge in [-0.25, -0.2) is 0 Å². The maximum Gasteiger partial charge on any atom is 0.0625 e. The van der Waals surface area contributed by atoms with Crippen LogP contribution in [0.2, 0.25) is 0 Å². The molecule has 0 heterocycles. The molecule has 3 nitrogen and oxygen atoms in total. The first kappa shape index (κ1) is 15.4. The fourth-order valence-electron chi connectivity index (χ4n) is 1.95. The molecule has 0 aromatic heterocycles. The fraction of sp³-hybridized carbons (Fsp3) is 0.833. The predicted molar refractivity (Wildman–Crippen MR) is 69.2 cm³/mol. The highest BCUT2D eigenvalue weighted by atomic mass is 31.1. The van der Waals surface area contributed by atoms with Crippen LogP contribution in [0.3, 0.4) is 0 Å². The molecule has 0 saturated carbocycles. The normalized spacial score (nSPS) is 11.1. The van der Waals surface area contributed by atoms with Gasteiger partial charge in [0.2, 0.25) is 0 Å². The van der Waals surface area contributed by atoms with Crippen molar-refractivity contribution in [2.24, 2.45) is 0 Å². The first-order chi connectivity index (χ1) is 7.54. The van der Waals surface area contributed by atoms with Gasteiger partial charge in [-0.05, 0) is 48.1 Å². The highest BCUT2D eigenvalue weighted by Crippen LogP contribution is 2.44. The van der Waals surface area contributed by atoms with Crippen molar-refractivity contribution in [3.05, 3.63) is 0 Å². The Balaban J connectivity index is 4.55. The molecule has 0 spiro atoms. The number of hydrogen-bond acceptors (Lipinski definition) is 3. The van der Waals surface area contributed by atoms with Crippen LogP contribution in [0, 0.1) is 22.7 Å². The Bertz CT molecular complexity index is 236. The highest BCUT2D eigenvalue weighted by molar-refractivity contribution is 7.55. The lowest BCUT2D eigenvalue weighted by molar-refractivity contribution is 0.322. The molecule has 0 aromatic rings. The minimum Gasteiger partial charge on any atom is -0.277 e. The van der Waals surface area contributed by atoms with Crippen LogP contribution in [0.1, 0.15) is 40.5 Å². The van der Waals surface area contributed by atoms with Crippen molar-refractivity contribution in [1.82, 2.24) is 4.67 Å². The summed E-state index contributed by atoms with van der Waals surface area (Å²) in [5, 5.41) is 17.4. The summed E-state index contributed by atoms with van der Waals surface area (Å²) in [6.07, 6.45) is 3.08. The third-order valence-electron chi connectivity index (χ3n) is 2.35. The minimum atomic E-state index is -0.326.